The largest absolute Gasteiger partial charge is 0.493 e. The number of amidine groups is 1. The number of rotatable bonds is 6. The molecule has 0 saturated carbocycles. The van der Waals surface area contributed by atoms with Crippen LogP contribution in [0.5, 0.6) is 11.5 Å². The van der Waals surface area contributed by atoms with Crippen molar-refractivity contribution in [2.75, 3.05) is 24.1 Å². The molecule has 0 aromatic heterocycles. The highest BCUT2D eigenvalue weighted by atomic mass is 35.5. The molecule has 4 amide bonds. The van der Waals surface area contributed by atoms with Crippen LogP contribution in [0, 0.1) is 0 Å². The van der Waals surface area contributed by atoms with Crippen molar-refractivity contribution in [3.63, 3.8) is 0 Å². The van der Waals surface area contributed by atoms with Crippen molar-refractivity contribution in [2.24, 2.45) is 5.10 Å². The highest BCUT2D eigenvalue weighted by molar-refractivity contribution is 6.44. The molecule has 0 atom stereocenters. The lowest BCUT2D eigenvalue weighted by molar-refractivity contribution is -0.114. The molecule has 46 heavy (non-hydrogen) atoms. The van der Waals surface area contributed by atoms with Gasteiger partial charge in [-0.2, -0.15) is 5.01 Å². The zero-order valence-electron chi connectivity index (χ0n) is 24.0. The van der Waals surface area contributed by atoms with E-state index in [-0.39, 0.29) is 54.5 Å². The maximum absolute atomic E-state index is 13.8. The quantitative estimate of drug-likeness (QED) is 0.181. The Morgan fingerprint density at radius 1 is 0.783 bits per heavy atom. The van der Waals surface area contributed by atoms with Crippen LogP contribution in [0.4, 0.5) is 11.4 Å². The van der Waals surface area contributed by atoms with Gasteiger partial charge in [-0.15, -0.1) is 5.10 Å². The fourth-order valence-corrected chi connectivity index (χ4v) is 6.00. The molecule has 0 saturated heterocycles. The van der Waals surface area contributed by atoms with E-state index in [1.807, 2.05) is 0 Å². The number of hydrogen-bond acceptors (Lipinski definition) is 7. The SMILES string of the molecule is COc1ccc(C=C2C(=O)N(c3c(Cl)cc(Cl)cc3Cl)N=C2NC(=O)c2cccc(N3C(=O)c4ccccc4C3=O)c2)cc1OC. The van der Waals surface area contributed by atoms with E-state index in [2.05, 4.69) is 10.4 Å². The summed E-state index contributed by atoms with van der Waals surface area (Å²) < 4.78 is 10.7. The van der Waals surface area contributed by atoms with E-state index >= 15 is 0 Å². The first-order valence-electron chi connectivity index (χ1n) is 13.5. The minimum absolute atomic E-state index is 0.000782. The molecule has 4 aromatic rings. The number of imide groups is 1. The Hall–Kier alpha value is -5.16. The minimum Gasteiger partial charge on any atom is -0.493 e. The number of halogens is 3. The molecule has 0 fully saturated rings. The summed E-state index contributed by atoms with van der Waals surface area (Å²) in [5, 5.41) is 8.39. The smallest absolute Gasteiger partial charge is 0.282 e. The molecule has 0 radical (unpaired) electrons. The predicted octanol–water partition coefficient (Wildman–Crippen LogP) is 6.64. The number of nitrogens with one attached hydrogen (secondary N) is 1. The summed E-state index contributed by atoms with van der Waals surface area (Å²) in [5.74, 6) is -1.54. The van der Waals surface area contributed by atoms with Gasteiger partial charge in [-0.3, -0.25) is 19.2 Å². The Morgan fingerprint density at radius 2 is 1.43 bits per heavy atom. The van der Waals surface area contributed by atoms with Crippen molar-refractivity contribution in [1.29, 1.82) is 0 Å². The second-order valence-corrected chi connectivity index (χ2v) is 11.2. The van der Waals surface area contributed by atoms with Gasteiger partial charge in [-0.1, -0.05) is 59.1 Å². The van der Waals surface area contributed by atoms with Crippen LogP contribution < -0.4 is 24.7 Å². The molecule has 4 aromatic carbocycles. The molecule has 0 bridgehead atoms. The Bertz CT molecular complexity index is 1990. The number of ether oxygens (including phenoxy) is 2. The summed E-state index contributed by atoms with van der Waals surface area (Å²) in [4.78, 5) is 54.5. The van der Waals surface area contributed by atoms with Gasteiger partial charge in [0, 0.05) is 10.6 Å². The molecule has 6 rings (SSSR count). The van der Waals surface area contributed by atoms with Crippen molar-refractivity contribution in [3.05, 3.63) is 122 Å². The third kappa shape index (κ3) is 5.47. The predicted molar refractivity (Wildman–Crippen MR) is 175 cm³/mol. The molecular weight excluding hydrogens is 655 g/mol. The second-order valence-electron chi connectivity index (χ2n) is 9.95. The van der Waals surface area contributed by atoms with Gasteiger partial charge in [0.1, 0.15) is 5.69 Å². The van der Waals surface area contributed by atoms with Crippen LogP contribution in [0.1, 0.15) is 36.6 Å². The molecular formula is C33H21Cl3N4O6. The number of fused-ring (bicyclic) bond motifs is 1. The fourth-order valence-electron chi connectivity index (χ4n) is 5.02. The third-order valence-electron chi connectivity index (χ3n) is 7.18. The molecule has 2 aliphatic rings. The highest BCUT2D eigenvalue weighted by Crippen LogP contribution is 2.39. The second kappa shape index (κ2) is 12.3. The number of amides is 4. The molecule has 0 spiro atoms. The number of hydrazone groups is 1. The Morgan fingerprint density at radius 3 is 2.07 bits per heavy atom. The van der Waals surface area contributed by atoms with E-state index in [0.717, 1.165) is 9.91 Å². The van der Waals surface area contributed by atoms with Gasteiger partial charge in [0.25, 0.3) is 23.6 Å². The molecule has 2 aliphatic heterocycles. The fraction of sp³-hybridized carbons (Fsp3) is 0.0606. The Balaban J connectivity index is 1.37. The van der Waals surface area contributed by atoms with Crippen LogP contribution in [0.25, 0.3) is 6.08 Å². The Kier molecular flexibility index (Phi) is 8.26. The van der Waals surface area contributed by atoms with Crippen molar-refractivity contribution < 1.29 is 28.7 Å². The summed E-state index contributed by atoms with van der Waals surface area (Å²) >= 11 is 18.9. The zero-order valence-corrected chi connectivity index (χ0v) is 26.3. The summed E-state index contributed by atoms with van der Waals surface area (Å²) in [7, 11) is 2.97. The molecule has 230 valence electrons. The number of nitrogens with zero attached hydrogens (tertiary/aromatic N) is 3. The summed E-state index contributed by atoms with van der Waals surface area (Å²) in [6, 6.07) is 20.3. The first-order chi connectivity index (χ1) is 22.1. The van der Waals surface area contributed by atoms with Gasteiger partial charge in [-0.05, 0) is 66.2 Å². The maximum atomic E-state index is 13.8. The Labute approximate surface area is 277 Å². The molecule has 0 aliphatic carbocycles. The van der Waals surface area contributed by atoms with Crippen LogP contribution in [0.15, 0.2) is 89.5 Å². The van der Waals surface area contributed by atoms with Crippen molar-refractivity contribution in [1.82, 2.24) is 5.32 Å². The first-order valence-corrected chi connectivity index (χ1v) is 14.7. The van der Waals surface area contributed by atoms with Gasteiger partial charge >= 0.3 is 0 Å². The van der Waals surface area contributed by atoms with Crippen LogP contribution in [0.2, 0.25) is 15.1 Å². The first kappa shape index (κ1) is 30.8. The summed E-state index contributed by atoms with van der Waals surface area (Å²) in [6.45, 7) is 0. The lowest BCUT2D eigenvalue weighted by atomic mass is 10.1. The average molecular weight is 676 g/mol. The van der Waals surface area contributed by atoms with Crippen LogP contribution >= 0.6 is 34.8 Å². The maximum Gasteiger partial charge on any atom is 0.282 e. The third-order valence-corrected chi connectivity index (χ3v) is 7.98. The molecule has 1 N–H and O–H groups in total. The van der Waals surface area contributed by atoms with Crippen molar-refractivity contribution in [3.8, 4) is 11.5 Å². The molecule has 13 heteroatoms. The van der Waals surface area contributed by atoms with Gasteiger partial charge in [0.2, 0.25) is 0 Å². The standard InChI is InChI=1S/C33H21Cl3N4O6/c1-45-26-11-10-17(13-27(26)46-2)12-23-29(38-40(33(23)44)28-24(35)15-19(34)16-25(28)36)37-30(41)18-6-5-7-20(14-18)39-31(42)21-8-3-4-9-22(21)32(39)43/h3-16H,1-2H3,(H,37,38,41). The van der Waals surface area contributed by atoms with Gasteiger partial charge in [0.15, 0.2) is 17.3 Å². The van der Waals surface area contributed by atoms with Crippen molar-refractivity contribution in [2.45, 2.75) is 0 Å². The van der Waals surface area contributed by atoms with E-state index in [1.165, 1.54) is 50.6 Å². The number of benzene rings is 4. The molecule has 0 unspecified atom stereocenters. The van der Waals surface area contributed by atoms with E-state index in [0.29, 0.717) is 17.1 Å². The van der Waals surface area contributed by atoms with E-state index in [9.17, 15) is 19.2 Å². The number of methoxy groups -OCH3 is 2. The topological polar surface area (TPSA) is 118 Å². The number of carbonyl (C=O) groups is 4. The normalized spacial score (nSPS) is 14.9. The lowest BCUT2D eigenvalue weighted by Gasteiger charge is -2.15. The molecule has 2 heterocycles. The van der Waals surface area contributed by atoms with Crippen LogP contribution in [-0.2, 0) is 4.79 Å². The van der Waals surface area contributed by atoms with Gasteiger partial charge < -0.3 is 14.8 Å². The van der Waals surface area contributed by atoms with Crippen molar-refractivity contribution >= 4 is 81.7 Å². The monoisotopic (exact) mass is 674 g/mol. The van der Waals surface area contributed by atoms with Gasteiger partial charge in [-0.25, -0.2) is 4.90 Å². The van der Waals surface area contributed by atoms with E-state index in [1.54, 1.807) is 48.5 Å². The van der Waals surface area contributed by atoms with Crippen LogP contribution in [-0.4, -0.2) is 43.7 Å². The minimum atomic E-state index is -0.668. The van der Waals surface area contributed by atoms with E-state index in [4.69, 9.17) is 44.3 Å². The van der Waals surface area contributed by atoms with Gasteiger partial charge in [0.05, 0.1) is 46.7 Å². The number of carbonyl (C=O) groups excluding carboxylic acids is 4. The highest BCUT2D eigenvalue weighted by Gasteiger charge is 2.37. The number of hydrogen-bond donors (Lipinski definition) is 1. The van der Waals surface area contributed by atoms with Crippen LogP contribution in [0.3, 0.4) is 0 Å². The summed E-state index contributed by atoms with van der Waals surface area (Å²) in [6.07, 6.45) is 1.51. The zero-order chi connectivity index (χ0) is 32.7. The molecule has 10 nitrogen and oxygen atoms in total. The summed E-state index contributed by atoms with van der Waals surface area (Å²) in [5.41, 5.74) is 1.43. The lowest BCUT2D eigenvalue weighted by Crippen LogP contribution is -2.32. The average Bonchev–Trinajstić information content (AvgIpc) is 3.48. The van der Waals surface area contributed by atoms with E-state index < -0.39 is 23.6 Å². The number of anilines is 2.